The van der Waals surface area contributed by atoms with Crippen LogP contribution in [0.4, 0.5) is 11.4 Å². The fourth-order valence-corrected chi connectivity index (χ4v) is 4.70. The van der Waals surface area contributed by atoms with Crippen molar-refractivity contribution in [3.05, 3.63) is 63.1 Å². The molecule has 0 aliphatic carbocycles. The van der Waals surface area contributed by atoms with Crippen LogP contribution in [0, 0.1) is 10.1 Å². The van der Waals surface area contributed by atoms with Crippen molar-refractivity contribution in [2.24, 2.45) is 0 Å². The molecule has 7 nitrogen and oxygen atoms in total. The van der Waals surface area contributed by atoms with Crippen molar-refractivity contribution < 1.29 is 9.72 Å². The van der Waals surface area contributed by atoms with Gasteiger partial charge in [0, 0.05) is 31.8 Å². The number of amides is 1. The number of aromatic nitrogens is 1. The molecule has 0 bridgehead atoms. The number of nitrogens with zero attached hydrogens (tertiary/aromatic N) is 4. The van der Waals surface area contributed by atoms with Gasteiger partial charge in [0.15, 0.2) is 0 Å². The summed E-state index contributed by atoms with van der Waals surface area (Å²) in [4.78, 5) is 32.5. The van der Waals surface area contributed by atoms with Crippen LogP contribution in [0.25, 0.3) is 10.2 Å². The van der Waals surface area contributed by atoms with Crippen LogP contribution in [-0.2, 0) is 0 Å². The topological polar surface area (TPSA) is 79.6 Å². The van der Waals surface area contributed by atoms with Gasteiger partial charge in [-0.1, -0.05) is 12.1 Å². The second-order valence-electron chi connectivity index (χ2n) is 7.27. The van der Waals surface area contributed by atoms with E-state index in [-0.39, 0.29) is 17.6 Å². The first kappa shape index (κ1) is 19.3. The first-order chi connectivity index (χ1) is 14.0. The summed E-state index contributed by atoms with van der Waals surface area (Å²) in [5.41, 5.74) is 1.80. The molecule has 1 saturated heterocycles. The number of benzene rings is 2. The van der Waals surface area contributed by atoms with Gasteiger partial charge in [0.25, 0.3) is 11.6 Å². The quantitative estimate of drug-likeness (QED) is 0.452. The third-order valence-electron chi connectivity index (χ3n) is 5.43. The van der Waals surface area contributed by atoms with Gasteiger partial charge in [-0.2, -0.15) is 0 Å². The molecule has 4 rings (SSSR count). The lowest BCUT2D eigenvalue weighted by Crippen LogP contribution is -2.29. The maximum Gasteiger partial charge on any atom is 0.293 e. The number of rotatable bonds is 5. The summed E-state index contributed by atoms with van der Waals surface area (Å²) in [5, 5.41) is 12.5. The monoisotopic (exact) mass is 410 g/mol. The summed E-state index contributed by atoms with van der Waals surface area (Å²) in [6.07, 6.45) is 2.06. The van der Waals surface area contributed by atoms with Crippen molar-refractivity contribution in [1.82, 2.24) is 9.88 Å². The van der Waals surface area contributed by atoms with E-state index in [2.05, 4.69) is 4.98 Å². The Morgan fingerprint density at radius 3 is 2.66 bits per heavy atom. The molecule has 8 heteroatoms. The van der Waals surface area contributed by atoms with Crippen molar-refractivity contribution in [1.29, 1.82) is 0 Å². The summed E-state index contributed by atoms with van der Waals surface area (Å²) >= 11 is 1.55. The number of hydrogen-bond donors (Lipinski definition) is 0. The molecule has 2 heterocycles. The lowest BCUT2D eigenvalue weighted by atomic mass is 10.1. The zero-order valence-electron chi connectivity index (χ0n) is 16.4. The van der Waals surface area contributed by atoms with Crippen LogP contribution in [0.15, 0.2) is 42.5 Å². The molecular formula is C21H22N4O3S. The van der Waals surface area contributed by atoms with E-state index in [0.29, 0.717) is 11.3 Å². The Morgan fingerprint density at radius 2 is 1.97 bits per heavy atom. The minimum Gasteiger partial charge on any atom is -0.366 e. The number of nitro groups is 1. The summed E-state index contributed by atoms with van der Waals surface area (Å²) in [6, 6.07) is 12.4. The lowest BCUT2D eigenvalue weighted by Gasteiger charge is -2.24. The molecule has 29 heavy (non-hydrogen) atoms. The van der Waals surface area contributed by atoms with Gasteiger partial charge in [-0.25, -0.2) is 4.98 Å². The number of fused-ring (bicyclic) bond motifs is 1. The van der Waals surface area contributed by atoms with Crippen LogP contribution in [0.2, 0.25) is 0 Å². The smallest absolute Gasteiger partial charge is 0.293 e. The third kappa shape index (κ3) is 3.67. The number of anilines is 1. The third-order valence-corrected chi connectivity index (χ3v) is 6.64. The standard InChI is InChI=1S/C21H22N4O3S/c1-14(20-22-16-7-3-4-8-19(16)29-20)23(2)21(26)15-9-10-17(18(13-15)25(27)28)24-11-5-6-12-24/h3-4,7-10,13-14H,5-6,11-12H2,1-2H3. The van der Waals surface area contributed by atoms with Gasteiger partial charge >= 0.3 is 0 Å². The highest BCUT2D eigenvalue weighted by Gasteiger charge is 2.27. The number of hydrogen-bond acceptors (Lipinski definition) is 6. The van der Waals surface area contributed by atoms with Crippen LogP contribution >= 0.6 is 11.3 Å². The molecule has 1 aliphatic rings. The van der Waals surface area contributed by atoms with E-state index in [0.717, 1.165) is 41.2 Å². The van der Waals surface area contributed by atoms with E-state index < -0.39 is 4.92 Å². The average molecular weight is 410 g/mol. The normalized spacial score (nSPS) is 14.9. The number of para-hydroxylation sites is 1. The average Bonchev–Trinajstić information content (AvgIpc) is 3.41. The van der Waals surface area contributed by atoms with Gasteiger partial charge in [-0.05, 0) is 44.0 Å². The predicted molar refractivity (Wildman–Crippen MR) is 115 cm³/mol. The van der Waals surface area contributed by atoms with E-state index in [1.54, 1.807) is 35.4 Å². The Labute approximate surface area is 172 Å². The Bertz CT molecular complexity index is 1040. The van der Waals surface area contributed by atoms with E-state index in [9.17, 15) is 14.9 Å². The second-order valence-corrected chi connectivity index (χ2v) is 8.33. The van der Waals surface area contributed by atoms with Crippen molar-refractivity contribution in [2.75, 3.05) is 25.0 Å². The lowest BCUT2D eigenvalue weighted by molar-refractivity contribution is -0.384. The molecule has 3 aromatic rings. The van der Waals surface area contributed by atoms with Gasteiger partial charge in [0.05, 0.1) is 21.2 Å². The van der Waals surface area contributed by atoms with Crippen LogP contribution in [-0.4, -0.2) is 40.9 Å². The minimum absolute atomic E-state index is 0.0150. The van der Waals surface area contributed by atoms with Crippen molar-refractivity contribution in [3.8, 4) is 0 Å². The molecule has 1 unspecified atom stereocenters. The molecule has 0 radical (unpaired) electrons. The number of carbonyl (C=O) groups excluding carboxylic acids is 1. The highest BCUT2D eigenvalue weighted by molar-refractivity contribution is 7.18. The second kappa shape index (κ2) is 7.79. The number of nitro benzene ring substituents is 1. The molecule has 2 aromatic carbocycles. The Hall–Kier alpha value is -3.00. The van der Waals surface area contributed by atoms with Crippen molar-refractivity contribution in [2.45, 2.75) is 25.8 Å². The number of carbonyl (C=O) groups is 1. The van der Waals surface area contributed by atoms with E-state index in [4.69, 9.17) is 0 Å². The van der Waals surface area contributed by atoms with Crippen LogP contribution in [0.3, 0.4) is 0 Å². The molecule has 0 spiro atoms. The highest BCUT2D eigenvalue weighted by Crippen LogP contribution is 2.33. The molecule has 1 atom stereocenters. The zero-order chi connectivity index (χ0) is 20.5. The SMILES string of the molecule is CC(c1nc2ccccc2s1)N(C)C(=O)c1ccc(N2CCCC2)c([N+](=O)[O-])c1. The van der Waals surface area contributed by atoms with Crippen LogP contribution in [0.5, 0.6) is 0 Å². The van der Waals surface area contributed by atoms with E-state index >= 15 is 0 Å². The molecule has 1 aromatic heterocycles. The molecule has 150 valence electrons. The molecule has 0 saturated carbocycles. The molecule has 1 amide bonds. The predicted octanol–water partition coefficient (Wildman–Crippen LogP) is 4.64. The Morgan fingerprint density at radius 1 is 1.24 bits per heavy atom. The summed E-state index contributed by atoms with van der Waals surface area (Å²) < 4.78 is 1.07. The Balaban J connectivity index is 1.60. The molecule has 1 aliphatic heterocycles. The van der Waals surface area contributed by atoms with E-state index in [1.807, 2.05) is 36.1 Å². The summed E-state index contributed by atoms with van der Waals surface area (Å²) in [5.74, 6) is -0.257. The van der Waals surface area contributed by atoms with Gasteiger partial charge < -0.3 is 9.80 Å². The Kier molecular flexibility index (Phi) is 5.19. The number of thiazole rings is 1. The largest absolute Gasteiger partial charge is 0.366 e. The maximum atomic E-state index is 13.0. The summed E-state index contributed by atoms with van der Waals surface area (Å²) in [7, 11) is 1.71. The maximum absolute atomic E-state index is 13.0. The van der Waals surface area contributed by atoms with Gasteiger partial charge in [-0.3, -0.25) is 14.9 Å². The zero-order valence-corrected chi connectivity index (χ0v) is 17.2. The summed E-state index contributed by atoms with van der Waals surface area (Å²) in [6.45, 7) is 3.54. The van der Waals surface area contributed by atoms with Crippen LogP contribution < -0.4 is 4.90 Å². The first-order valence-corrected chi connectivity index (χ1v) is 10.4. The molecule has 1 fully saturated rings. The van der Waals surface area contributed by atoms with Gasteiger partial charge in [-0.15, -0.1) is 11.3 Å². The van der Waals surface area contributed by atoms with Crippen LogP contribution in [0.1, 0.15) is 41.2 Å². The fourth-order valence-electron chi connectivity index (χ4n) is 3.64. The first-order valence-electron chi connectivity index (χ1n) is 9.61. The van der Waals surface area contributed by atoms with Gasteiger partial charge in [0.2, 0.25) is 0 Å². The molecule has 0 N–H and O–H groups in total. The van der Waals surface area contributed by atoms with E-state index in [1.165, 1.54) is 6.07 Å². The van der Waals surface area contributed by atoms with Crippen molar-refractivity contribution >= 4 is 38.8 Å². The van der Waals surface area contributed by atoms with Gasteiger partial charge in [0.1, 0.15) is 10.7 Å². The minimum atomic E-state index is -0.401. The molecular weight excluding hydrogens is 388 g/mol. The van der Waals surface area contributed by atoms with Crippen molar-refractivity contribution in [3.63, 3.8) is 0 Å². The fraction of sp³-hybridized carbons (Fsp3) is 0.333. The highest BCUT2D eigenvalue weighted by atomic mass is 32.1.